The van der Waals surface area contributed by atoms with Gasteiger partial charge in [-0.1, -0.05) is 65.3 Å². The van der Waals surface area contributed by atoms with Crippen LogP contribution in [0.15, 0.2) is 65.4 Å². The Bertz CT molecular complexity index is 1070. The quantitative estimate of drug-likeness (QED) is 0.550. The molecule has 134 valence electrons. The molecule has 4 aromatic rings. The normalized spacial score (nSPS) is 16.3. The van der Waals surface area contributed by atoms with E-state index in [1.165, 1.54) is 5.56 Å². The second-order valence-corrected chi connectivity index (χ2v) is 6.69. The van der Waals surface area contributed by atoms with Crippen LogP contribution in [0.2, 0.25) is 0 Å². The van der Waals surface area contributed by atoms with Crippen molar-refractivity contribution in [3.63, 3.8) is 0 Å². The number of fused-ring (bicyclic) bond motifs is 1. The molecule has 0 spiro atoms. The lowest BCUT2D eigenvalue weighted by molar-refractivity contribution is 0.00330. The lowest BCUT2D eigenvalue weighted by Gasteiger charge is -2.25. The van der Waals surface area contributed by atoms with Crippen LogP contribution in [0.3, 0.4) is 0 Å². The minimum absolute atomic E-state index is 0.0200. The first kappa shape index (κ1) is 16.0. The van der Waals surface area contributed by atoms with E-state index in [0.717, 1.165) is 16.8 Å². The fraction of sp³-hybridized carbons (Fsp3) is 0.190. The average Bonchev–Trinajstić information content (AvgIpc) is 3.35. The molecule has 27 heavy (non-hydrogen) atoms. The Hall–Kier alpha value is -3.25. The number of aryl methyl sites for hydroxylation is 1. The van der Waals surface area contributed by atoms with Crippen LogP contribution in [0.5, 0.6) is 0 Å². The van der Waals surface area contributed by atoms with Gasteiger partial charge >= 0.3 is 0 Å². The van der Waals surface area contributed by atoms with Gasteiger partial charge in [0.05, 0.1) is 25.2 Å². The number of imidazole rings is 1. The Labute approximate surface area is 156 Å². The van der Waals surface area contributed by atoms with Gasteiger partial charge in [0.1, 0.15) is 6.10 Å². The first-order chi connectivity index (χ1) is 13.3. The third kappa shape index (κ3) is 2.94. The number of hydrogen-bond acceptors (Lipinski definition) is 5. The summed E-state index contributed by atoms with van der Waals surface area (Å²) in [6, 6.07) is 18.3. The van der Waals surface area contributed by atoms with Crippen LogP contribution in [0, 0.1) is 6.92 Å². The van der Waals surface area contributed by atoms with Crippen molar-refractivity contribution in [1.82, 2.24) is 19.7 Å². The summed E-state index contributed by atoms with van der Waals surface area (Å²) in [5.41, 5.74) is 4.92. The van der Waals surface area contributed by atoms with Gasteiger partial charge in [-0.2, -0.15) is 4.98 Å². The molecule has 6 heteroatoms. The molecule has 0 amide bonds. The number of rotatable bonds is 3. The standard InChI is InChI=1S/C21H18N4O2/c1-14-7-9-16(10-8-14)20-23-21(27-24-20)19-17-12-26-18(11-25(17)13-22-19)15-5-3-2-4-6-15/h2-10,13,18H,11-12H2,1H3/t18-/m1/s1. The number of nitrogens with zero attached hydrogens (tertiary/aromatic N) is 4. The molecule has 0 unspecified atom stereocenters. The summed E-state index contributed by atoms with van der Waals surface area (Å²) in [6.45, 7) is 3.22. The van der Waals surface area contributed by atoms with Crippen LogP contribution in [0.1, 0.15) is 22.9 Å². The van der Waals surface area contributed by atoms with Crippen molar-refractivity contribution in [1.29, 1.82) is 0 Å². The van der Waals surface area contributed by atoms with Crippen molar-refractivity contribution in [3.05, 3.63) is 77.7 Å². The summed E-state index contributed by atoms with van der Waals surface area (Å²) in [5.74, 6) is 0.978. The summed E-state index contributed by atoms with van der Waals surface area (Å²) in [6.07, 6.45) is 1.84. The molecular formula is C21H18N4O2. The van der Waals surface area contributed by atoms with Gasteiger partial charge in [0.25, 0.3) is 5.89 Å². The number of hydrogen-bond donors (Lipinski definition) is 0. The first-order valence-corrected chi connectivity index (χ1v) is 8.89. The van der Waals surface area contributed by atoms with Crippen LogP contribution in [-0.2, 0) is 17.9 Å². The SMILES string of the molecule is Cc1ccc(-c2noc(-c3ncn4c3CO[C@@H](c3ccccc3)C4)n2)cc1. The van der Waals surface area contributed by atoms with Crippen LogP contribution in [0.4, 0.5) is 0 Å². The highest BCUT2D eigenvalue weighted by molar-refractivity contribution is 5.59. The van der Waals surface area contributed by atoms with E-state index < -0.39 is 0 Å². The Kier molecular flexibility index (Phi) is 3.83. The molecule has 0 fully saturated rings. The highest BCUT2D eigenvalue weighted by Crippen LogP contribution is 2.31. The summed E-state index contributed by atoms with van der Waals surface area (Å²) < 4.78 is 13.6. The maximum Gasteiger partial charge on any atom is 0.278 e. The molecule has 0 N–H and O–H groups in total. The van der Waals surface area contributed by atoms with Gasteiger partial charge in [-0.15, -0.1) is 0 Å². The van der Waals surface area contributed by atoms with Crippen molar-refractivity contribution in [2.45, 2.75) is 26.2 Å². The zero-order chi connectivity index (χ0) is 18.2. The lowest BCUT2D eigenvalue weighted by Crippen LogP contribution is -2.20. The predicted molar refractivity (Wildman–Crippen MR) is 99.7 cm³/mol. The average molecular weight is 358 g/mol. The van der Waals surface area contributed by atoms with Crippen molar-refractivity contribution < 1.29 is 9.26 Å². The van der Waals surface area contributed by atoms with Gasteiger partial charge in [0.15, 0.2) is 5.69 Å². The molecular weight excluding hydrogens is 340 g/mol. The zero-order valence-corrected chi connectivity index (χ0v) is 14.9. The van der Waals surface area contributed by atoms with E-state index in [9.17, 15) is 0 Å². The van der Waals surface area contributed by atoms with E-state index in [0.29, 0.717) is 30.6 Å². The zero-order valence-electron chi connectivity index (χ0n) is 14.9. The molecule has 0 aliphatic carbocycles. The van der Waals surface area contributed by atoms with Gasteiger partial charge < -0.3 is 13.8 Å². The molecule has 5 rings (SSSR count). The van der Waals surface area contributed by atoms with E-state index in [-0.39, 0.29) is 6.10 Å². The molecule has 1 aliphatic rings. The molecule has 1 atom stereocenters. The van der Waals surface area contributed by atoms with E-state index in [4.69, 9.17) is 9.26 Å². The van der Waals surface area contributed by atoms with Crippen molar-refractivity contribution in [2.24, 2.45) is 0 Å². The minimum Gasteiger partial charge on any atom is -0.365 e. The number of benzene rings is 2. The minimum atomic E-state index is 0.0200. The molecule has 6 nitrogen and oxygen atoms in total. The van der Waals surface area contributed by atoms with E-state index in [2.05, 4.69) is 31.8 Å². The van der Waals surface area contributed by atoms with Crippen molar-refractivity contribution in [3.8, 4) is 23.0 Å². The lowest BCUT2D eigenvalue weighted by atomic mass is 10.1. The highest BCUT2D eigenvalue weighted by Gasteiger charge is 2.26. The van der Waals surface area contributed by atoms with Gasteiger partial charge in [-0.3, -0.25) is 0 Å². The molecule has 2 aromatic heterocycles. The molecule has 3 heterocycles. The highest BCUT2D eigenvalue weighted by atomic mass is 16.5. The van der Waals surface area contributed by atoms with Crippen LogP contribution in [0.25, 0.3) is 23.0 Å². The second-order valence-electron chi connectivity index (χ2n) is 6.69. The summed E-state index contributed by atoms with van der Waals surface area (Å²) in [5, 5.41) is 4.11. The molecule has 1 aliphatic heterocycles. The van der Waals surface area contributed by atoms with Crippen molar-refractivity contribution >= 4 is 0 Å². The maximum atomic E-state index is 6.06. The van der Waals surface area contributed by atoms with E-state index in [1.54, 1.807) is 0 Å². The Morgan fingerprint density at radius 3 is 2.67 bits per heavy atom. The summed E-state index contributed by atoms with van der Waals surface area (Å²) in [7, 11) is 0. The van der Waals surface area contributed by atoms with Crippen LogP contribution in [-0.4, -0.2) is 19.7 Å². The fourth-order valence-electron chi connectivity index (χ4n) is 3.31. The molecule has 0 bridgehead atoms. The van der Waals surface area contributed by atoms with Gasteiger partial charge in [-0.05, 0) is 12.5 Å². The van der Waals surface area contributed by atoms with E-state index in [1.807, 2.05) is 55.7 Å². The molecule has 0 saturated carbocycles. The van der Waals surface area contributed by atoms with Gasteiger partial charge in [-0.25, -0.2) is 4.98 Å². The number of aromatic nitrogens is 4. The first-order valence-electron chi connectivity index (χ1n) is 8.89. The monoisotopic (exact) mass is 358 g/mol. The second kappa shape index (κ2) is 6.48. The van der Waals surface area contributed by atoms with E-state index >= 15 is 0 Å². The Morgan fingerprint density at radius 1 is 1.04 bits per heavy atom. The summed E-state index contributed by atoms with van der Waals surface area (Å²) in [4.78, 5) is 9.03. The van der Waals surface area contributed by atoms with Crippen molar-refractivity contribution in [2.75, 3.05) is 0 Å². The fourth-order valence-corrected chi connectivity index (χ4v) is 3.31. The van der Waals surface area contributed by atoms with Crippen LogP contribution < -0.4 is 0 Å². The largest absolute Gasteiger partial charge is 0.365 e. The van der Waals surface area contributed by atoms with Gasteiger partial charge in [0, 0.05) is 5.56 Å². The molecule has 2 aromatic carbocycles. The Balaban J connectivity index is 1.42. The molecule has 0 saturated heterocycles. The smallest absolute Gasteiger partial charge is 0.278 e. The molecule has 0 radical (unpaired) electrons. The predicted octanol–water partition coefficient (Wildman–Crippen LogP) is 4.18. The third-order valence-corrected chi connectivity index (χ3v) is 4.84. The maximum absolute atomic E-state index is 6.06. The Morgan fingerprint density at radius 2 is 1.85 bits per heavy atom. The van der Waals surface area contributed by atoms with Gasteiger partial charge in [0.2, 0.25) is 5.82 Å². The topological polar surface area (TPSA) is 66.0 Å². The summed E-state index contributed by atoms with van der Waals surface area (Å²) >= 11 is 0. The third-order valence-electron chi connectivity index (χ3n) is 4.84. The number of ether oxygens (including phenoxy) is 1. The van der Waals surface area contributed by atoms with Crippen LogP contribution >= 0.6 is 0 Å².